The lowest BCUT2D eigenvalue weighted by Crippen LogP contribution is -2.39. The number of nitrogens with two attached hydrogens (primary N) is 1. The van der Waals surface area contributed by atoms with E-state index >= 15 is 0 Å². The minimum Gasteiger partial charge on any atom is -0.494 e. The van der Waals surface area contributed by atoms with Crippen LogP contribution in [0.1, 0.15) is 27.7 Å². The average molecular weight is 279 g/mol. The van der Waals surface area contributed by atoms with Crippen LogP contribution in [0.15, 0.2) is 18.2 Å². The van der Waals surface area contributed by atoms with E-state index in [0.717, 1.165) is 5.69 Å². The number of anilines is 2. The van der Waals surface area contributed by atoms with Crippen LogP contribution in [0.2, 0.25) is 0 Å². The Morgan fingerprint density at radius 2 is 2.00 bits per heavy atom. The van der Waals surface area contributed by atoms with E-state index in [1.165, 1.54) is 0 Å². The van der Waals surface area contributed by atoms with Crippen LogP contribution in [0.25, 0.3) is 0 Å². The minimum absolute atomic E-state index is 0.0286. The molecule has 1 aromatic carbocycles. The van der Waals surface area contributed by atoms with Gasteiger partial charge in [-0.1, -0.05) is 13.8 Å². The Hall–Kier alpha value is -1.91. The van der Waals surface area contributed by atoms with Crippen LogP contribution in [0.3, 0.4) is 0 Å². The molecule has 20 heavy (non-hydrogen) atoms. The van der Waals surface area contributed by atoms with E-state index in [1.54, 1.807) is 12.1 Å². The highest BCUT2D eigenvalue weighted by molar-refractivity contribution is 5.84. The van der Waals surface area contributed by atoms with Crippen LogP contribution in [-0.4, -0.2) is 25.1 Å². The number of nitrogen functional groups attached to an aromatic ring is 1. The van der Waals surface area contributed by atoms with Gasteiger partial charge >= 0.3 is 0 Å². The van der Waals surface area contributed by atoms with Crippen molar-refractivity contribution in [2.45, 2.75) is 33.7 Å². The highest BCUT2D eigenvalue weighted by Gasteiger charge is 2.13. The molecule has 1 aromatic rings. The molecule has 4 N–H and O–H groups in total. The molecule has 1 rings (SSSR count). The third-order valence-electron chi connectivity index (χ3n) is 2.70. The number of ether oxygens (including phenoxy) is 1. The molecule has 5 heteroatoms. The largest absolute Gasteiger partial charge is 0.494 e. The van der Waals surface area contributed by atoms with Gasteiger partial charge in [-0.15, -0.1) is 0 Å². The Kier molecular flexibility index (Phi) is 6.15. The van der Waals surface area contributed by atoms with E-state index in [4.69, 9.17) is 10.5 Å². The van der Waals surface area contributed by atoms with Crippen molar-refractivity contribution in [1.29, 1.82) is 0 Å². The number of rotatable bonds is 7. The van der Waals surface area contributed by atoms with Crippen LogP contribution >= 0.6 is 0 Å². The molecule has 112 valence electrons. The monoisotopic (exact) mass is 279 g/mol. The molecule has 0 fully saturated rings. The molecule has 0 aliphatic heterocycles. The van der Waals surface area contributed by atoms with Gasteiger partial charge in [-0.25, -0.2) is 0 Å². The Morgan fingerprint density at radius 1 is 1.30 bits per heavy atom. The maximum Gasteiger partial charge on any atom is 0.242 e. The minimum atomic E-state index is -0.329. The molecule has 1 atom stereocenters. The van der Waals surface area contributed by atoms with E-state index in [1.807, 2.05) is 19.9 Å². The first-order valence-corrected chi connectivity index (χ1v) is 7.00. The number of hydrogen-bond donors (Lipinski definition) is 3. The lowest BCUT2D eigenvalue weighted by atomic mass is 10.2. The van der Waals surface area contributed by atoms with Gasteiger partial charge in [-0.2, -0.15) is 0 Å². The van der Waals surface area contributed by atoms with Crippen molar-refractivity contribution < 1.29 is 9.53 Å². The Morgan fingerprint density at radius 3 is 2.60 bits per heavy atom. The van der Waals surface area contributed by atoms with Gasteiger partial charge in [0.2, 0.25) is 5.91 Å². The summed E-state index contributed by atoms with van der Waals surface area (Å²) in [5.41, 5.74) is 7.20. The van der Waals surface area contributed by atoms with Crippen molar-refractivity contribution in [2.24, 2.45) is 5.92 Å². The lowest BCUT2D eigenvalue weighted by Gasteiger charge is -2.17. The van der Waals surface area contributed by atoms with Crippen LogP contribution in [-0.2, 0) is 4.79 Å². The van der Waals surface area contributed by atoms with Crippen LogP contribution < -0.4 is 21.1 Å². The topological polar surface area (TPSA) is 76.4 Å². The van der Waals surface area contributed by atoms with Crippen LogP contribution in [0.5, 0.6) is 5.75 Å². The number of carbonyl (C=O) groups is 1. The maximum absolute atomic E-state index is 11.9. The molecular formula is C15H25N3O2. The molecule has 1 amide bonds. The zero-order valence-electron chi connectivity index (χ0n) is 12.7. The number of amides is 1. The Labute approximate surface area is 120 Å². The smallest absolute Gasteiger partial charge is 0.242 e. The van der Waals surface area contributed by atoms with Gasteiger partial charge in [0.15, 0.2) is 0 Å². The van der Waals surface area contributed by atoms with Gasteiger partial charge in [0.1, 0.15) is 11.8 Å². The fourth-order valence-corrected chi connectivity index (χ4v) is 1.73. The lowest BCUT2D eigenvalue weighted by molar-refractivity contribution is -0.121. The van der Waals surface area contributed by atoms with Crippen molar-refractivity contribution in [2.75, 3.05) is 24.2 Å². The van der Waals surface area contributed by atoms with Crippen LogP contribution in [0.4, 0.5) is 11.4 Å². The van der Waals surface area contributed by atoms with Crippen molar-refractivity contribution in [1.82, 2.24) is 5.32 Å². The number of carbonyl (C=O) groups excluding carboxylic acids is 1. The number of benzene rings is 1. The highest BCUT2D eigenvalue weighted by Crippen LogP contribution is 2.23. The van der Waals surface area contributed by atoms with Gasteiger partial charge < -0.3 is 21.1 Å². The fourth-order valence-electron chi connectivity index (χ4n) is 1.73. The zero-order chi connectivity index (χ0) is 15.1. The zero-order valence-corrected chi connectivity index (χ0v) is 12.7. The van der Waals surface area contributed by atoms with E-state index in [2.05, 4.69) is 24.5 Å². The van der Waals surface area contributed by atoms with Gasteiger partial charge in [0, 0.05) is 30.1 Å². The van der Waals surface area contributed by atoms with Gasteiger partial charge in [0.25, 0.3) is 0 Å². The standard InChI is InChI=1S/C15H25N3O2/c1-5-20-14-7-12(16)6-13(8-14)18-11(4)15(19)17-9-10(2)3/h6-8,10-11,18H,5,9,16H2,1-4H3,(H,17,19). The van der Waals surface area contributed by atoms with Crippen molar-refractivity contribution in [3.05, 3.63) is 18.2 Å². The summed E-state index contributed by atoms with van der Waals surface area (Å²) in [4.78, 5) is 11.9. The summed E-state index contributed by atoms with van der Waals surface area (Å²) >= 11 is 0. The summed E-state index contributed by atoms with van der Waals surface area (Å²) in [6, 6.07) is 5.06. The molecule has 0 aliphatic carbocycles. The van der Waals surface area contributed by atoms with Crippen molar-refractivity contribution >= 4 is 17.3 Å². The molecule has 0 heterocycles. The Bertz CT molecular complexity index is 447. The third kappa shape index (κ3) is 5.38. The highest BCUT2D eigenvalue weighted by atomic mass is 16.5. The molecule has 0 saturated carbocycles. The predicted octanol–water partition coefficient (Wildman–Crippen LogP) is 2.24. The number of nitrogens with one attached hydrogen (secondary N) is 2. The maximum atomic E-state index is 11.9. The molecule has 0 radical (unpaired) electrons. The third-order valence-corrected chi connectivity index (χ3v) is 2.70. The fraction of sp³-hybridized carbons (Fsp3) is 0.533. The molecule has 0 saturated heterocycles. The SMILES string of the molecule is CCOc1cc(N)cc(NC(C)C(=O)NCC(C)C)c1. The molecule has 0 bridgehead atoms. The second kappa shape index (κ2) is 7.62. The van der Waals surface area contributed by atoms with E-state index < -0.39 is 0 Å². The average Bonchev–Trinajstić information content (AvgIpc) is 2.35. The Balaban J connectivity index is 2.65. The first kappa shape index (κ1) is 16.1. The molecule has 1 unspecified atom stereocenters. The summed E-state index contributed by atoms with van der Waals surface area (Å²) in [7, 11) is 0. The first-order valence-electron chi connectivity index (χ1n) is 7.00. The molecular weight excluding hydrogens is 254 g/mol. The van der Waals surface area contributed by atoms with Crippen molar-refractivity contribution in [3.63, 3.8) is 0 Å². The summed E-state index contributed by atoms with van der Waals surface area (Å²) in [6.07, 6.45) is 0. The predicted molar refractivity (Wildman–Crippen MR) is 83.0 cm³/mol. The van der Waals surface area contributed by atoms with Gasteiger partial charge in [-0.3, -0.25) is 4.79 Å². The second-order valence-electron chi connectivity index (χ2n) is 5.23. The summed E-state index contributed by atoms with van der Waals surface area (Å²) in [5.74, 6) is 1.10. The number of hydrogen-bond acceptors (Lipinski definition) is 4. The summed E-state index contributed by atoms with van der Waals surface area (Å²) in [6.45, 7) is 9.10. The quantitative estimate of drug-likeness (QED) is 0.669. The summed E-state index contributed by atoms with van der Waals surface area (Å²) < 4.78 is 5.43. The molecule has 0 aliphatic rings. The molecule has 0 spiro atoms. The van der Waals surface area contributed by atoms with E-state index in [0.29, 0.717) is 30.5 Å². The van der Waals surface area contributed by atoms with Crippen molar-refractivity contribution in [3.8, 4) is 5.75 Å². The summed E-state index contributed by atoms with van der Waals surface area (Å²) in [5, 5.41) is 6.03. The molecule has 0 aromatic heterocycles. The molecule has 5 nitrogen and oxygen atoms in total. The van der Waals surface area contributed by atoms with E-state index in [-0.39, 0.29) is 11.9 Å². The van der Waals surface area contributed by atoms with E-state index in [9.17, 15) is 4.79 Å². The normalized spacial score (nSPS) is 12.1. The van der Waals surface area contributed by atoms with Gasteiger partial charge in [-0.05, 0) is 25.8 Å². The van der Waals surface area contributed by atoms with Crippen LogP contribution in [0, 0.1) is 5.92 Å². The first-order chi connectivity index (χ1) is 9.42. The second-order valence-corrected chi connectivity index (χ2v) is 5.23. The van der Waals surface area contributed by atoms with Gasteiger partial charge in [0.05, 0.1) is 6.61 Å².